The maximum Gasteiger partial charge on any atom is 0.340 e. The van der Waals surface area contributed by atoms with Crippen molar-refractivity contribution < 1.29 is 9.53 Å². The van der Waals surface area contributed by atoms with E-state index in [1.807, 2.05) is 20.8 Å². The second-order valence-electron chi connectivity index (χ2n) is 12.1. The van der Waals surface area contributed by atoms with E-state index in [9.17, 15) is 4.79 Å². The highest BCUT2D eigenvalue weighted by atomic mass is 79.9. The van der Waals surface area contributed by atoms with Gasteiger partial charge in [-0.1, -0.05) is 27.2 Å². The Labute approximate surface area is 207 Å². The number of rotatable bonds is 3. The van der Waals surface area contributed by atoms with Crippen LogP contribution in [-0.2, 0) is 11.2 Å². The number of benzene rings is 1. The lowest BCUT2D eigenvalue weighted by Gasteiger charge is -2.40. The van der Waals surface area contributed by atoms with Gasteiger partial charge in [0.1, 0.15) is 5.60 Å². The lowest BCUT2D eigenvalue weighted by molar-refractivity contribution is 0.00707. The van der Waals surface area contributed by atoms with E-state index in [0.717, 1.165) is 28.6 Å². The molecule has 2 aromatic rings. The van der Waals surface area contributed by atoms with Crippen molar-refractivity contribution >= 4 is 32.8 Å². The van der Waals surface area contributed by atoms with Crippen LogP contribution in [0.25, 0.3) is 10.9 Å². The van der Waals surface area contributed by atoms with Gasteiger partial charge in [0.05, 0.1) is 5.56 Å². The van der Waals surface area contributed by atoms with Gasteiger partial charge in [0.15, 0.2) is 0 Å². The molecular weight excluding hydrogens is 476 g/mol. The molecule has 2 aliphatic heterocycles. The third-order valence-corrected chi connectivity index (χ3v) is 8.87. The standard InChI is InChI=1S/C28H39BrN2O2/c1-15(2)18-9-7-16(3)13-22(18)31-21-12-10-19(29)24(27(32)33-28(4,5)6)26(21)25-20-11-8-17(30-20)14-23(25)31/h10,12,15-18,20,22,30H,7-9,11,13-14H2,1-6H3/t16-,17?,18+,20?,22-/m1/s1. The number of carbonyl (C=O) groups excluding carboxylic acids is 1. The largest absolute Gasteiger partial charge is 0.456 e. The number of nitrogens with one attached hydrogen (secondary N) is 1. The Hall–Kier alpha value is -1.33. The summed E-state index contributed by atoms with van der Waals surface area (Å²) in [5.41, 5.74) is 4.24. The van der Waals surface area contributed by atoms with Crippen LogP contribution in [0.3, 0.4) is 0 Å². The topological polar surface area (TPSA) is 43.3 Å². The van der Waals surface area contributed by atoms with E-state index in [1.54, 1.807) is 0 Å². The van der Waals surface area contributed by atoms with Gasteiger partial charge in [0, 0.05) is 45.6 Å². The summed E-state index contributed by atoms with van der Waals surface area (Å²) in [5.74, 6) is 1.83. The Morgan fingerprint density at radius 1 is 1.18 bits per heavy atom. The van der Waals surface area contributed by atoms with Gasteiger partial charge in [-0.25, -0.2) is 4.79 Å². The zero-order chi connectivity index (χ0) is 23.7. The minimum Gasteiger partial charge on any atom is -0.456 e. The normalized spacial score (nSPS) is 29.5. The van der Waals surface area contributed by atoms with E-state index in [1.165, 1.54) is 42.5 Å². The SMILES string of the molecule is CC(C)[C@@H]1CC[C@@H](C)C[C@H]1n1c2c(c3c(C(=O)OC(C)(C)C)c(Br)ccc31)C1CCC(C2)N1. The highest BCUT2D eigenvalue weighted by Crippen LogP contribution is 2.50. The Balaban J connectivity index is 1.77. The van der Waals surface area contributed by atoms with Crippen molar-refractivity contribution in [3.63, 3.8) is 0 Å². The number of hydrogen-bond acceptors (Lipinski definition) is 3. The molecular formula is C28H39BrN2O2. The summed E-state index contributed by atoms with van der Waals surface area (Å²) in [5, 5.41) is 4.97. The maximum atomic E-state index is 13.5. The summed E-state index contributed by atoms with van der Waals surface area (Å²) in [6.45, 7) is 13.0. The molecule has 5 heteroatoms. The third-order valence-electron chi connectivity index (χ3n) is 8.21. The van der Waals surface area contributed by atoms with Crippen molar-refractivity contribution in [2.24, 2.45) is 17.8 Å². The molecule has 1 N–H and O–H groups in total. The first-order valence-electron chi connectivity index (χ1n) is 12.9. The minimum absolute atomic E-state index is 0.225. The molecule has 0 amide bonds. The molecule has 4 nitrogen and oxygen atoms in total. The third kappa shape index (κ3) is 4.07. The van der Waals surface area contributed by atoms with Gasteiger partial charge in [-0.15, -0.1) is 0 Å². The molecule has 33 heavy (non-hydrogen) atoms. The van der Waals surface area contributed by atoms with Crippen molar-refractivity contribution in [2.45, 2.75) is 104 Å². The summed E-state index contributed by atoms with van der Waals surface area (Å²) in [7, 11) is 0. The van der Waals surface area contributed by atoms with Crippen LogP contribution >= 0.6 is 15.9 Å². The monoisotopic (exact) mass is 514 g/mol. The summed E-state index contributed by atoms with van der Waals surface area (Å²) in [6.07, 6.45) is 7.25. The molecule has 5 atom stereocenters. The molecule has 1 aliphatic carbocycles. The van der Waals surface area contributed by atoms with Crippen LogP contribution < -0.4 is 5.32 Å². The number of carbonyl (C=O) groups is 1. The molecule has 0 radical (unpaired) electrons. The lowest BCUT2D eigenvalue weighted by atomic mass is 9.73. The summed E-state index contributed by atoms with van der Waals surface area (Å²) >= 11 is 3.73. The summed E-state index contributed by atoms with van der Waals surface area (Å²) < 4.78 is 9.44. The number of aromatic nitrogens is 1. The molecule has 1 saturated carbocycles. The molecule has 2 unspecified atom stereocenters. The molecule has 5 rings (SSSR count). The van der Waals surface area contributed by atoms with Crippen LogP contribution in [0.4, 0.5) is 0 Å². The number of ether oxygens (including phenoxy) is 1. The molecule has 3 heterocycles. The van der Waals surface area contributed by atoms with Crippen LogP contribution in [0.2, 0.25) is 0 Å². The highest BCUT2D eigenvalue weighted by Gasteiger charge is 2.42. The van der Waals surface area contributed by atoms with Crippen molar-refractivity contribution in [1.82, 2.24) is 9.88 Å². The zero-order valence-electron chi connectivity index (χ0n) is 21.0. The number of hydrogen-bond donors (Lipinski definition) is 1. The molecule has 3 aliphatic rings. The van der Waals surface area contributed by atoms with Gasteiger partial charge in [0.2, 0.25) is 0 Å². The van der Waals surface area contributed by atoms with Crippen molar-refractivity contribution in [2.75, 3.05) is 0 Å². The Morgan fingerprint density at radius 3 is 2.64 bits per heavy atom. The van der Waals surface area contributed by atoms with E-state index < -0.39 is 5.60 Å². The predicted molar refractivity (Wildman–Crippen MR) is 138 cm³/mol. The molecule has 0 spiro atoms. The molecule has 2 fully saturated rings. The Bertz CT molecular complexity index is 1080. The maximum absolute atomic E-state index is 13.5. The van der Waals surface area contributed by atoms with Gasteiger partial charge in [-0.05, 0) is 97.8 Å². The number of halogens is 1. The number of esters is 1. The first kappa shape index (κ1) is 23.4. The van der Waals surface area contributed by atoms with Gasteiger partial charge in [-0.3, -0.25) is 0 Å². The average molecular weight is 516 g/mol. The van der Waals surface area contributed by atoms with E-state index in [2.05, 4.69) is 58.7 Å². The van der Waals surface area contributed by atoms with Gasteiger partial charge in [-0.2, -0.15) is 0 Å². The number of nitrogens with zero attached hydrogens (tertiary/aromatic N) is 1. The molecule has 1 aromatic heterocycles. The Kier molecular flexibility index (Phi) is 5.96. The van der Waals surface area contributed by atoms with Gasteiger partial charge >= 0.3 is 5.97 Å². The molecule has 2 bridgehead atoms. The van der Waals surface area contributed by atoms with E-state index in [4.69, 9.17) is 4.74 Å². The molecule has 1 saturated heterocycles. The molecule has 1 aromatic carbocycles. The zero-order valence-corrected chi connectivity index (χ0v) is 22.6. The second kappa shape index (κ2) is 8.41. The molecule has 180 valence electrons. The van der Waals surface area contributed by atoms with Crippen molar-refractivity contribution in [3.8, 4) is 0 Å². The van der Waals surface area contributed by atoms with Crippen molar-refractivity contribution in [3.05, 3.63) is 33.4 Å². The van der Waals surface area contributed by atoms with Crippen LogP contribution in [0.5, 0.6) is 0 Å². The average Bonchev–Trinajstić information content (AvgIpc) is 3.24. The van der Waals surface area contributed by atoms with Crippen LogP contribution in [0.1, 0.15) is 107 Å². The van der Waals surface area contributed by atoms with Gasteiger partial charge < -0.3 is 14.6 Å². The highest BCUT2D eigenvalue weighted by molar-refractivity contribution is 9.10. The van der Waals surface area contributed by atoms with Crippen LogP contribution in [0, 0.1) is 17.8 Å². The fourth-order valence-corrected chi connectivity index (χ4v) is 7.33. The first-order chi connectivity index (χ1) is 15.5. The quantitative estimate of drug-likeness (QED) is 0.435. The second-order valence-corrected chi connectivity index (χ2v) is 13.0. The van der Waals surface area contributed by atoms with Crippen LogP contribution in [0.15, 0.2) is 16.6 Å². The smallest absolute Gasteiger partial charge is 0.340 e. The number of fused-ring (bicyclic) bond motifs is 6. The fourth-order valence-electron chi connectivity index (χ4n) is 6.84. The predicted octanol–water partition coefficient (Wildman–Crippen LogP) is 7.34. The van der Waals surface area contributed by atoms with Crippen molar-refractivity contribution in [1.29, 1.82) is 0 Å². The van der Waals surface area contributed by atoms with Gasteiger partial charge in [0.25, 0.3) is 0 Å². The van der Waals surface area contributed by atoms with E-state index >= 15 is 0 Å². The van der Waals surface area contributed by atoms with Crippen LogP contribution in [-0.4, -0.2) is 22.2 Å². The summed E-state index contributed by atoms with van der Waals surface area (Å²) in [6, 6.07) is 5.68. The Morgan fingerprint density at radius 2 is 1.94 bits per heavy atom. The lowest BCUT2D eigenvalue weighted by Crippen LogP contribution is -2.35. The van der Waals surface area contributed by atoms with E-state index in [-0.39, 0.29) is 5.97 Å². The first-order valence-corrected chi connectivity index (χ1v) is 13.7. The van der Waals surface area contributed by atoms with E-state index in [0.29, 0.717) is 35.5 Å². The fraction of sp³-hybridized carbons (Fsp3) is 0.679. The summed E-state index contributed by atoms with van der Waals surface area (Å²) in [4.78, 5) is 13.5. The minimum atomic E-state index is -0.528.